The number of rotatable bonds is 6. The standard InChI is InChI=1S/C15H20O2/c1-2-13(16)17-11-15(7-8-15)10-14(5-6-14)9-12-3-4-12/h2,9H,1,3-8,10-11H2. The third-order valence-corrected chi connectivity index (χ3v) is 4.31. The number of allylic oxidation sites excluding steroid dienone is 2. The molecule has 0 N–H and O–H groups in total. The van der Waals surface area contributed by atoms with Crippen molar-refractivity contribution in [1.82, 2.24) is 0 Å². The van der Waals surface area contributed by atoms with E-state index in [-0.39, 0.29) is 5.97 Å². The molecule has 0 aromatic heterocycles. The number of carbonyl (C=O) groups is 1. The molecule has 0 atom stereocenters. The van der Waals surface area contributed by atoms with E-state index in [0.717, 1.165) is 0 Å². The Kier molecular flexibility index (Phi) is 2.42. The number of ether oxygens (including phenoxy) is 1. The lowest BCUT2D eigenvalue weighted by Crippen LogP contribution is -2.17. The maximum Gasteiger partial charge on any atom is 0.330 e. The summed E-state index contributed by atoms with van der Waals surface area (Å²) in [6.07, 6.45) is 12.8. The van der Waals surface area contributed by atoms with Crippen molar-refractivity contribution < 1.29 is 9.53 Å². The van der Waals surface area contributed by atoms with Gasteiger partial charge in [0.25, 0.3) is 0 Å². The molecule has 0 aliphatic heterocycles. The van der Waals surface area contributed by atoms with Crippen LogP contribution in [0.25, 0.3) is 0 Å². The molecule has 0 spiro atoms. The summed E-state index contributed by atoms with van der Waals surface area (Å²) in [5, 5.41) is 0. The molecular formula is C15H20O2. The first-order valence-electron chi connectivity index (χ1n) is 6.65. The van der Waals surface area contributed by atoms with Gasteiger partial charge in [-0.2, -0.15) is 0 Å². The van der Waals surface area contributed by atoms with Crippen LogP contribution in [0.15, 0.2) is 24.3 Å². The number of carbonyl (C=O) groups excluding carboxylic acids is 1. The van der Waals surface area contributed by atoms with E-state index in [2.05, 4.69) is 12.7 Å². The Hall–Kier alpha value is -1.05. The zero-order chi connectivity index (χ0) is 11.9. The first-order chi connectivity index (χ1) is 8.15. The Morgan fingerprint density at radius 3 is 2.47 bits per heavy atom. The van der Waals surface area contributed by atoms with Gasteiger partial charge in [-0.15, -0.1) is 0 Å². The molecule has 92 valence electrons. The fourth-order valence-electron chi connectivity index (χ4n) is 2.76. The van der Waals surface area contributed by atoms with Crippen molar-refractivity contribution in [3.05, 3.63) is 24.3 Å². The van der Waals surface area contributed by atoms with Crippen LogP contribution in [0.4, 0.5) is 0 Å². The average molecular weight is 232 g/mol. The highest BCUT2D eigenvalue weighted by Gasteiger charge is 2.53. The van der Waals surface area contributed by atoms with Crippen molar-refractivity contribution in [3.63, 3.8) is 0 Å². The van der Waals surface area contributed by atoms with Crippen molar-refractivity contribution in [3.8, 4) is 0 Å². The lowest BCUT2D eigenvalue weighted by Gasteiger charge is -2.19. The largest absolute Gasteiger partial charge is 0.462 e. The Bertz CT molecular complexity index is 378. The maximum absolute atomic E-state index is 11.1. The number of esters is 1. The van der Waals surface area contributed by atoms with E-state index in [4.69, 9.17) is 4.74 Å². The first-order valence-corrected chi connectivity index (χ1v) is 6.65. The minimum absolute atomic E-state index is 0.276. The van der Waals surface area contributed by atoms with E-state index in [0.29, 0.717) is 17.4 Å². The molecule has 17 heavy (non-hydrogen) atoms. The second kappa shape index (κ2) is 3.72. The van der Waals surface area contributed by atoms with Crippen molar-refractivity contribution in [2.45, 2.75) is 44.9 Å². The van der Waals surface area contributed by atoms with E-state index in [1.165, 1.54) is 51.0 Å². The van der Waals surface area contributed by atoms with Gasteiger partial charge in [0, 0.05) is 11.5 Å². The highest BCUT2D eigenvalue weighted by Crippen LogP contribution is 2.63. The van der Waals surface area contributed by atoms with E-state index in [9.17, 15) is 4.79 Å². The predicted octanol–water partition coefficient (Wildman–Crippen LogP) is 3.39. The maximum atomic E-state index is 11.1. The summed E-state index contributed by atoms with van der Waals surface area (Å²) in [4.78, 5) is 11.1. The summed E-state index contributed by atoms with van der Waals surface area (Å²) in [5.41, 5.74) is 2.45. The van der Waals surface area contributed by atoms with E-state index >= 15 is 0 Å². The molecule has 3 aliphatic carbocycles. The summed E-state index contributed by atoms with van der Waals surface area (Å²) in [6, 6.07) is 0. The molecule has 3 saturated carbocycles. The van der Waals surface area contributed by atoms with Gasteiger partial charge < -0.3 is 4.74 Å². The van der Waals surface area contributed by atoms with Gasteiger partial charge in [0.2, 0.25) is 0 Å². The highest BCUT2D eigenvalue weighted by molar-refractivity contribution is 5.81. The molecule has 0 heterocycles. The molecule has 3 fully saturated rings. The molecule has 0 aromatic carbocycles. The van der Waals surface area contributed by atoms with Gasteiger partial charge in [-0.05, 0) is 50.4 Å². The van der Waals surface area contributed by atoms with Gasteiger partial charge in [-0.1, -0.05) is 18.2 Å². The Morgan fingerprint density at radius 1 is 1.29 bits per heavy atom. The molecule has 0 saturated heterocycles. The van der Waals surface area contributed by atoms with E-state index in [1.54, 1.807) is 5.57 Å². The van der Waals surface area contributed by atoms with Crippen LogP contribution in [-0.4, -0.2) is 12.6 Å². The molecule has 3 rings (SSSR count). The smallest absolute Gasteiger partial charge is 0.330 e. The molecule has 2 heteroatoms. The molecule has 0 aromatic rings. The van der Waals surface area contributed by atoms with Crippen molar-refractivity contribution in [2.75, 3.05) is 6.61 Å². The van der Waals surface area contributed by atoms with Crippen molar-refractivity contribution in [2.24, 2.45) is 10.8 Å². The van der Waals surface area contributed by atoms with Crippen LogP contribution in [-0.2, 0) is 9.53 Å². The van der Waals surface area contributed by atoms with Gasteiger partial charge >= 0.3 is 5.97 Å². The quantitative estimate of drug-likeness (QED) is 0.398. The summed E-state index contributed by atoms with van der Waals surface area (Å²) in [6.45, 7) is 4.03. The third kappa shape index (κ3) is 2.62. The highest BCUT2D eigenvalue weighted by atomic mass is 16.5. The molecule has 3 aliphatic rings. The minimum atomic E-state index is -0.276. The second-order valence-corrected chi connectivity index (χ2v) is 6.15. The topological polar surface area (TPSA) is 26.3 Å². The van der Waals surface area contributed by atoms with Crippen LogP contribution in [0.3, 0.4) is 0 Å². The van der Waals surface area contributed by atoms with Crippen molar-refractivity contribution >= 4 is 5.97 Å². The summed E-state index contributed by atoms with van der Waals surface area (Å²) >= 11 is 0. The lowest BCUT2D eigenvalue weighted by molar-refractivity contribution is -0.139. The summed E-state index contributed by atoms with van der Waals surface area (Å²) in [5.74, 6) is -0.276. The van der Waals surface area contributed by atoms with Gasteiger partial charge in [-0.25, -0.2) is 4.79 Å². The predicted molar refractivity (Wildman–Crippen MR) is 66.4 cm³/mol. The first kappa shape index (κ1) is 11.1. The van der Waals surface area contributed by atoms with Crippen LogP contribution in [0.2, 0.25) is 0 Å². The molecule has 0 amide bonds. The monoisotopic (exact) mass is 232 g/mol. The summed E-state index contributed by atoms with van der Waals surface area (Å²) in [7, 11) is 0. The van der Waals surface area contributed by atoms with Gasteiger partial charge in [0.15, 0.2) is 0 Å². The van der Waals surface area contributed by atoms with Crippen LogP contribution >= 0.6 is 0 Å². The minimum Gasteiger partial charge on any atom is -0.462 e. The second-order valence-electron chi connectivity index (χ2n) is 6.15. The molecule has 0 radical (unpaired) electrons. The summed E-state index contributed by atoms with van der Waals surface area (Å²) < 4.78 is 5.24. The van der Waals surface area contributed by atoms with Gasteiger partial charge in [-0.3, -0.25) is 0 Å². The normalized spacial score (nSPS) is 26.0. The SMILES string of the molecule is C=CC(=O)OCC1(CC2(C=C3CC3)CC2)CC1. The number of hydrogen-bond donors (Lipinski definition) is 0. The average Bonchev–Trinajstić information content (AvgIpc) is 3.14. The zero-order valence-corrected chi connectivity index (χ0v) is 10.3. The van der Waals surface area contributed by atoms with Crippen molar-refractivity contribution in [1.29, 1.82) is 0 Å². The molecule has 2 nitrogen and oxygen atoms in total. The van der Waals surface area contributed by atoms with Gasteiger partial charge in [0.05, 0.1) is 6.61 Å². The molecular weight excluding hydrogens is 212 g/mol. The van der Waals surface area contributed by atoms with E-state index < -0.39 is 0 Å². The Balaban J connectivity index is 1.55. The molecule has 0 bridgehead atoms. The number of hydrogen-bond acceptors (Lipinski definition) is 2. The Morgan fingerprint density at radius 2 is 2.00 bits per heavy atom. The van der Waals surface area contributed by atoms with Crippen LogP contribution in [0.1, 0.15) is 44.9 Å². The van der Waals surface area contributed by atoms with E-state index in [1.807, 2.05) is 0 Å². The van der Waals surface area contributed by atoms with Crippen LogP contribution in [0.5, 0.6) is 0 Å². The van der Waals surface area contributed by atoms with Crippen LogP contribution < -0.4 is 0 Å². The fourth-order valence-corrected chi connectivity index (χ4v) is 2.76. The zero-order valence-electron chi connectivity index (χ0n) is 10.3. The fraction of sp³-hybridized carbons (Fsp3) is 0.667. The molecule has 0 unspecified atom stereocenters. The third-order valence-electron chi connectivity index (χ3n) is 4.31. The lowest BCUT2D eigenvalue weighted by atomic mass is 9.89. The Labute approximate surface area is 103 Å². The van der Waals surface area contributed by atoms with Gasteiger partial charge in [0.1, 0.15) is 0 Å². The van der Waals surface area contributed by atoms with Crippen LogP contribution in [0, 0.1) is 10.8 Å².